The smallest absolute Gasteiger partial charge is 0.272 e. The first-order valence-corrected chi connectivity index (χ1v) is 7.21. The molecule has 2 aromatic rings. The average Bonchev–Trinajstić information content (AvgIpc) is 2.50. The highest BCUT2D eigenvalue weighted by Crippen LogP contribution is 2.28. The minimum atomic E-state index is -0.443. The number of hydrogen-bond acceptors (Lipinski definition) is 4. The van der Waals surface area contributed by atoms with Gasteiger partial charge in [0.1, 0.15) is 0 Å². The molecule has 23 heavy (non-hydrogen) atoms. The van der Waals surface area contributed by atoms with Crippen molar-refractivity contribution in [3.63, 3.8) is 0 Å². The molecule has 0 radical (unpaired) electrons. The van der Waals surface area contributed by atoms with Crippen molar-refractivity contribution in [1.82, 2.24) is 4.90 Å². The summed E-state index contributed by atoms with van der Waals surface area (Å²) >= 11 is 6.05. The summed E-state index contributed by atoms with van der Waals surface area (Å²) in [4.78, 5) is 24.5. The molecule has 0 aliphatic carbocycles. The number of nitro groups is 1. The Labute approximate surface area is 138 Å². The number of nitrogens with zero attached hydrogens (tertiary/aromatic N) is 2. The molecule has 0 bridgehead atoms. The van der Waals surface area contributed by atoms with Crippen LogP contribution in [0, 0.1) is 10.1 Å². The number of anilines is 1. The molecule has 0 fully saturated rings. The van der Waals surface area contributed by atoms with Gasteiger partial charge in [-0.05, 0) is 17.7 Å². The van der Waals surface area contributed by atoms with Crippen molar-refractivity contribution in [3.05, 3.63) is 68.2 Å². The molecule has 0 unspecified atom stereocenters. The fourth-order valence-electron chi connectivity index (χ4n) is 2.26. The third-order valence-electron chi connectivity index (χ3n) is 3.43. The third kappa shape index (κ3) is 3.60. The van der Waals surface area contributed by atoms with E-state index in [1.54, 1.807) is 38.4 Å². The second kappa shape index (κ2) is 6.66. The number of nitrogen functional groups attached to an aromatic ring is 1. The molecular formula is C16H16ClN3O3. The first-order valence-electron chi connectivity index (χ1n) is 6.83. The van der Waals surface area contributed by atoms with Gasteiger partial charge in [-0.25, -0.2) is 0 Å². The highest BCUT2D eigenvalue weighted by Gasteiger charge is 2.19. The summed E-state index contributed by atoms with van der Waals surface area (Å²) in [5.41, 5.74) is 7.57. The van der Waals surface area contributed by atoms with Crippen LogP contribution in [0.25, 0.3) is 0 Å². The number of para-hydroxylation sites is 1. The molecule has 7 heteroatoms. The second-order valence-electron chi connectivity index (χ2n) is 5.29. The molecule has 120 valence electrons. The molecule has 0 spiro atoms. The third-order valence-corrected chi connectivity index (χ3v) is 3.76. The predicted molar refractivity (Wildman–Crippen MR) is 89.8 cm³/mol. The van der Waals surface area contributed by atoms with Gasteiger partial charge in [-0.15, -0.1) is 0 Å². The number of rotatable bonds is 4. The number of carbonyl (C=O) groups excluding carboxylic acids is 1. The van der Waals surface area contributed by atoms with E-state index in [1.807, 2.05) is 0 Å². The van der Waals surface area contributed by atoms with E-state index in [0.717, 1.165) is 0 Å². The van der Waals surface area contributed by atoms with Gasteiger partial charge in [0.05, 0.1) is 15.6 Å². The van der Waals surface area contributed by atoms with Crippen LogP contribution in [-0.2, 0) is 6.42 Å². The number of nitrogens with two attached hydrogens (primary N) is 1. The number of nitro benzene ring substituents is 1. The molecule has 2 aromatic carbocycles. The fourth-order valence-corrected chi connectivity index (χ4v) is 2.45. The maximum atomic E-state index is 12.3. The van der Waals surface area contributed by atoms with Crippen molar-refractivity contribution in [1.29, 1.82) is 0 Å². The molecule has 0 saturated heterocycles. The van der Waals surface area contributed by atoms with Crippen LogP contribution in [-0.4, -0.2) is 29.8 Å². The van der Waals surface area contributed by atoms with Gasteiger partial charge in [0.25, 0.3) is 11.6 Å². The van der Waals surface area contributed by atoms with E-state index >= 15 is 0 Å². The topological polar surface area (TPSA) is 89.5 Å². The van der Waals surface area contributed by atoms with Crippen LogP contribution in [0.5, 0.6) is 0 Å². The van der Waals surface area contributed by atoms with Gasteiger partial charge in [-0.1, -0.05) is 29.8 Å². The van der Waals surface area contributed by atoms with Crippen molar-refractivity contribution in [3.8, 4) is 0 Å². The summed E-state index contributed by atoms with van der Waals surface area (Å²) in [5.74, 6) is -0.234. The lowest BCUT2D eigenvalue weighted by atomic mass is 9.97. The van der Waals surface area contributed by atoms with E-state index in [-0.39, 0.29) is 18.0 Å². The van der Waals surface area contributed by atoms with E-state index in [9.17, 15) is 14.9 Å². The quantitative estimate of drug-likeness (QED) is 0.529. The van der Waals surface area contributed by atoms with E-state index in [4.69, 9.17) is 17.3 Å². The molecule has 0 aliphatic heterocycles. The summed E-state index contributed by atoms with van der Waals surface area (Å²) in [6.45, 7) is 0. The summed E-state index contributed by atoms with van der Waals surface area (Å²) in [6.07, 6.45) is 0.214. The summed E-state index contributed by atoms with van der Waals surface area (Å²) in [5, 5.41) is 11.5. The van der Waals surface area contributed by atoms with Gasteiger partial charge >= 0.3 is 0 Å². The Morgan fingerprint density at radius 2 is 1.91 bits per heavy atom. The zero-order valence-corrected chi connectivity index (χ0v) is 13.5. The Bertz CT molecular complexity index is 775. The lowest BCUT2D eigenvalue weighted by Gasteiger charge is -2.16. The minimum absolute atomic E-state index is 0.00343. The van der Waals surface area contributed by atoms with Gasteiger partial charge in [-0.3, -0.25) is 14.9 Å². The number of benzene rings is 2. The highest BCUT2D eigenvalue weighted by atomic mass is 35.5. The molecule has 2 rings (SSSR count). The lowest BCUT2D eigenvalue weighted by Crippen LogP contribution is -2.23. The molecule has 0 aliphatic rings. The number of hydrogen-bond donors (Lipinski definition) is 1. The van der Waals surface area contributed by atoms with Gasteiger partial charge < -0.3 is 10.6 Å². The monoisotopic (exact) mass is 333 g/mol. The van der Waals surface area contributed by atoms with E-state index in [1.165, 1.54) is 17.0 Å². The normalized spacial score (nSPS) is 10.4. The first-order chi connectivity index (χ1) is 10.8. The lowest BCUT2D eigenvalue weighted by molar-refractivity contribution is -0.385. The van der Waals surface area contributed by atoms with Crippen LogP contribution in [0.2, 0.25) is 5.02 Å². The van der Waals surface area contributed by atoms with Crippen LogP contribution in [0.4, 0.5) is 11.4 Å². The molecular weight excluding hydrogens is 318 g/mol. The van der Waals surface area contributed by atoms with Crippen LogP contribution >= 0.6 is 11.6 Å². The van der Waals surface area contributed by atoms with Crippen molar-refractivity contribution in [2.75, 3.05) is 19.8 Å². The Morgan fingerprint density at radius 1 is 1.26 bits per heavy atom. The number of carbonyl (C=O) groups is 1. The zero-order chi connectivity index (χ0) is 17.1. The van der Waals surface area contributed by atoms with E-state index in [0.29, 0.717) is 27.4 Å². The standard InChI is InChI=1S/C16H16ClN3O3/c1-19(2)16(21)12-9-14(18)13(17)8-11(12)7-10-5-3-4-6-15(10)20(22)23/h3-6,8-9H,7,18H2,1-2H3. The molecule has 2 N–H and O–H groups in total. The Kier molecular flexibility index (Phi) is 4.86. The second-order valence-corrected chi connectivity index (χ2v) is 5.70. The molecule has 6 nitrogen and oxygen atoms in total. The van der Waals surface area contributed by atoms with Gasteiger partial charge in [0, 0.05) is 37.7 Å². The minimum Gasteiger partial charge on any atom is -0.398 e. The predicted octanol–water partition coefficient (Wildman–Crippen LogP) is 3.12. The van der Waals surface area contributed by atoms with Gasteiger partial charge in [-0.2, -0.15) is 0 Å². The highest BCUT2D eigenvalue weighted by molar-refractivity contribution is 6.33. The summed E-state index contributed by atoms with van der Waals surface area (Å²) in [7, 11) is 3.25. The molecule has 0 atom stereocenters. The van der Waals surface area contributed by atoms with Crippen molar-refractivity contribution >= 4 is 28.9 Å². The SMILES string of the molecule is CN(C)C(=O)c1cc(N)c(Cl)cc1Cc1ccccc1[N+](=O)[O-]. The van der Waals surface area contributed by atoms with Crippen LogP contribution < -0.4 is 5.73 Å². The van der Waals surface area contributed by atoms with E-state index in [2.05, 4.69) is 0 Å². The largest absolute Gasteiger partial charge is 0.398 e. The van der Waals surface area contributed by atoms with Gasteiger partial charge in [0.15, 0.2) is 0 Å². The maximum absolute atomic E-state index is 12.3. The van der Waals surface area contributed by atoms with Crippen molar-refractivity contribution in [2.45, 2.75) is 6.42 Å². The molecule has 1 amide bonds. The zero-order valence-electron chi connectivity index (χ0n) is 12.7. The summed E-state index contributed by atoms with van der Waals surface area (Å²) < 4.78 is 0. The molecule has 0 heterocycles. The van der Waals surface area contributed by atoms with Crippen LogP contribution in [0.3, 0.4) is 0 Å². The van der Waals surface area contributed by atoms with Crippen LogP contribution in [0.15, 0.2) is 36.4 Å². The molecule has 0 saturated carbocycles. The van der Waals surface area contributed by atoms with Crippen molar-refractivity contribution < 1.29 is 9.72 Å². The number of amides is 1. The average molecular weight is 334 g/mol. The number of halogens is 1. The summed E-state index contributed by atoms with van der Waals surface area (Å²) in [6, 6.07) is 9.51. The van der Waals surface area contributed by atoms with Crippen LogP contribution in [0.1, 0.15) is 21.5 Å². The van der Waals surface area contributed by atoms with Crippen molar-refractivity contribution in [2.24, 2.45) is 0 Å². The Morgan fingerprint density at radius 3 is 2.52 bits per heavy atom. The Hall–Kier alpha value is -2.60. The molecule has 0 aromatic heterocycles. The van der Waals surface area contributed by atoms with Gasteiger partial charge in [0.2, 0.25) is 0 Å². The van der Waals surface area contributed by atoms with E-state index < -0.39 is 4.92 Å². The Balaban J connectivity index is 2.54. The maximum Gasteiger partial charge on any atom is 0.272 e. The fraction of sp³-hybridized carbons (Fsp3) is 0.188. The first kappa shape index (κ1) is 16.8.